The SMILES string of the molecule is O=C1CCC(N2Cc3ccc(CN(Cc4ccccc4)C4CCCNC4)cc3C2=O)C(=O)N1. The molecule has 2 N–H and O–H groups in total. The van der Waals surface area contributed by atoms with Crippen molar-refractivity contribution in [2.24, 2.45) is 0 Å². The number of rotatable bonds is 6. The van der Waals surface area contributed by atoms with Crippen LogP contribution in [0.15, 0.2) is 48.5 Å². The van der Waals surface area contributed by atoms with Crippen LogP contribution in [0.5, 0.6) is 0 Å². The van der Waals surface area contributed by atoms with Gasteiger partial charge in [0, 0.05) is 44.2 Å². The van der Waals surface area contributed by atoms with Gasteiger partial charge in [-0.15, -0.1) is 0 Å². The van der Waals surface area contributed by atoms with Gasteiger partial charge in [-0.2, -0.15) is 0 Å². The summed E-state index contributed by atoms with van der Waals surface area (Å²) in [5.74, 6) is -0.750. The molecule has 0 spiro atoms. The maximum absolute atomic E-state index is 13.2. The van der Waals surface area contributed by atoms with Crippen LogP contribution in [0.1, 0.15) is 52.7 Å². The van der Waals surface area contributed by atoms with E-state index >= 15 is 0 Å². The molecule has 2 aromatic carbocycles. The van der Waals surface area contributed by atoms with Crippen LogP contribution >= 0.6 is 0 Å². The highest BCUT2D eigenvalue weighted by atomic mass is 16.2. The Morgan fingerprint density at radius 3 is 2.55 bits per heavy atom. The number of fused-ring (bicyclic) bond motifs is 1. The average Bonchev–Trinajstić information content (AvgIpc) is 3.15. The highest BCUT2D eigenvalue weighted by Gasteiger charge is 2.39. The van der Waals surface area contributed by atoms with Gasteiger partial charge in [-0.1, -0.05) is 42.5 Å². The third-order valence-electron chi connectivity index (χ3n) is 6.99. The Morgan fingerprint density at radius 2 is 1.79 bits per heavy atom. The molecule has 0 saturated carbocycles. The molecule has 0 aliphatic carbocycles. The van der Waals surface area contributed by atoms with Gasteiger partial charge >= 0.3 is 0 Å². The molecule has 3 aliphatic heterocycles. The molecule has 3 heterocycles. The van der Waals surface area contributed by atoms with Gasteiger partial charge in [0.25, 0.3) is 5.91 Å². The molecule has 3 amide bonds. The van der Waals surface area contributed by atoms with Crippen molar-refractivity contribution in [2.75, 3.05) is 13.1 Å². The second-order valence-electron chi connectivity index (χ2n) is 9.28. The summed E-state index contributed by atoms with van der Waals surface area (Å²) in [6, 6.07) is 16.5. The molecule has 2 saturated heterocycles. The Balaban J connectivity index is 1.34. The van der Waals surface area contributed by atoms with Crippen molar-refractivity contribution in [1.29, 1.82) is 0 Å². The van der Waals surface area contributed by atoms with Gasteiger partial charge in [0.15, 0.2) is 0 Å². The molecule has 0 bridgehead atoms. The van der Waals surface area contributed by atoms with E-state index in [-0.39, 0.29) is 24.1 Å². The van der Waals surface area contributed by atoms with E-state index in [1.54, 1.807) is 4.90 Å². The molecule has 172 valence electrons. The molecule has 2 unspecified atom stereocenters. The topological polar surface area (TPSA) is 81.8 Å². The lowest BCUT2D eigenvalue weighted by atomic mass is 10.0. The van der Waals surface area contributed by atoms with Crippen molar-refractivity contribution < 1.29 is 14.4 Å². The minimum absolute atomic E-state index is 0.115. The van der Waals surface area contributed by atoms with Crippen molar-refractivity contribution in [3.8, 4) is 0 Å². The van der Waals surface area contributed by atoms with Crippen LogP contribution in [0.25, 0.3) is 0 Å². The molecule has 7 nitrogen and oxygen atoms in total. The Labute approximate surface area is 194 Å². The number of benzene rings is 2. The first kappa shape index (κ1) is 21.8. The molecule has 2 fully saturated rings. The summed E-state index contributed by atoms with van der Waals surface area (Å²) < 4.78 is 0. The van der Waals surface area contributed by atoms with Crippen molar-refractivity contribution >= 4 is 17.7 Å². The molecule has 5 rings (SSSR count). The fraction of sp³-hybridized carbons (Fsp3) is 0.423. The minimum atomic E-state index is -0.575. The van der Waals surface area contributed by atoms with Crippen LogP contribution in [0, 0.1) is 0 Å². The molecule has 0 aromatic heterocycles. The molecule has 33 heavy (non-hydrogen) atoms. The molecule has 3 aliphatic rings. The number of nitrogens with zero attached hydrogens (tertiary/aromatic N) is 2. The zero-order valence-corrected chi connectivity index (χ0v) is 18.8. The van der Waals surface area contributed by atoms with E-state index in [1.165, 1.54) is 12.0 Å². The van der Waals surface area contributed by atoms with Gasteiger partial charge in [0.1, 0.15) is 6.04 Å². The Hall–Kier alpha value is -3.03. The summed E-state index contributed by atoms with van der Waals surface area (Å²) >= 11 is 0. The molecule has 2 aromatic rings. The first-order chi connectivity index (χ1) is 16.1. The minimum Gasteiger partial charge on any atom is -0.322 e. The zero-order chi connectivity index (χ0) is 22.8. The first-order valence-electron chi connectivity index (χ1n) is 11.8. The van der Waals surface area contributed by atoms with Crippen LogP contribution in [0.4, 0.5) is 0 Å². The smallest absolute Gasteiger partial charge is 0.255 e. The molecule has 7 heteroatoms. The fourth-order valence-corrected chi connectivity index (χ4v) is 5.21. The number of imide groups is 1. The summed E-state index contributed by atoms with van der Waals surface area (Å²) in [7, 11) is 0. The van der Waals surface area contributed by atoms with Crippen LogP contribution in [-0.4, -0.2) is 52.7 Å². The van der Waals surface area contributed by atoms with Gasteiger partial charge in [0.05, 0.1) is 0 Å². The maximum Gasteiger partial charge on any atom is 0.255 e. The van der Waals surface area contributed by atoms with Crippen LogP contribution in [0.3, 0.4) is 0 Å². The van der Waals surface area contributed by atoms with Crippen molar-refractivity contribution in [1.82, 2.24) is 20.4 Å². The first-order valence-corrected chi connectivity index (χ1v) is 11.8. The second-order valence-corrected chi connectivity index (χ2v) is 9.28. The van der Waals surface area contributed by atoms with Crippen molar-refractivity contribution in [3.05, 3.63) is 70.8 Å². The number of amides is 3. The second kappa shape index (κ2) is 9.45. The Kier molecular flexibility index (Phi) is 6.24. The monoisotopic (exact) mass is 446 g/mol. The number of carbonyl (C=O) groups is 3. The predicted molar refractivity (Wildman–Crippen MR) is 124 cm³/mol. The summed E-state index contributed by atoms with van der Waals surface area (Å²) in [4.78, 5) is 41.1. The number of carbonyl (C=O) groups excluding carboxylic acids is 3. The Bertz CT molecular complexity index is 1050. The maximum atomic E-state index is 13.2. The molecule has 0 radical (unpaired) electrons. The van der Waals surface area contributed by atoms with Gasteiger partial charge < -0.3 is 10.2 Å². The third kappa shape index (κ3) is 4.70. The number of piperidine rings is 2. The summed E-state index contributed by atoms with van der Waals surface area (Å²) in [5, 5.41) is 5.89. The van der Waals surface area contributed by atoms with Gasteiger partial charge in [-0.05, 0) is 48.6 Å². The van der Waals surface area contributed by atoms with Gasteiger partial charge in [0.2, 0.25) is 11.8 Å². The number of hydrogen-bond acceptors (Lipinski definition) is 5. The molecule has 2 atom stereocenters. The van der Waals surface area contributed by atoms with E-state index in [4.69, 9.17) is 0 Å². The highest BCUT2D eigenvalue weighted by molar-refractivity contribution is 6.05. The van der Waals surface area contributed by atoms with E-state index in [2.05, 4.69) is 45.9 Å². The lowest BCUT2D eigenvalue weighted by Crippen LogP contribution is -2.52. The van der Waals surface area contributed by atoms with E-state index in [1.807, 2.05) is 18.2 Å². The quantitative estimate of drug-likeness (QED) is 0.665. The van der Waals surface area contributed by atoms with E-state index < -0.39 is 6.04 Å². The standard InChI is InChI=1S/C26H30N4O3/c31-24-11-10-23(25(32)28-24)30-17-20-9-8-19(13-22(20)26(30)33)16-29(21-7-4-12-27-14-21)15-18-5-2-1-3-6-18/h1-3,5-6,8-9,13,21,23,27H,4,7,10-12,14-17H2,(H,28,31,32). The fourth-order valence-electron chi connectivity index (χ4n) is 5.21. The van der Waals surface area contributed by atoms with Crippen molar-refractivity contribution in [3.63, 3.8) is 0 Å². The summed E-state index contributed by atoms with van der Waals surface area (Å²) in [5.41, 5.74) is 4.01. The molecular weight excluding hydrogens is 416 g/mol. The normalized spacial score (nSPS) is 23.1. The number of hydrogen-bond donors (Lipinski definition) is 2. The van der Waals surface area contributed by atoms with E-state index in [0.717, 1.165) is 43.7 Å². The summed E-state index contributed by atoms with van der Waals surface area (Å²) in [6.07, 6.45) is 2.98. The predicted octanol–water partition coefficient (Wildman–Crippen LogP) is 2.20. The van der Waals surface area contributed by atoms with Crippen LogP contribution in [0.2, 0.25) is 0 Å². The highest BCUT2D eigenvalue weighted by Crippen LogP contribution is 2.29. The Morgan fingerprint density at radius 1 is 0.970 bits per heavy atom. The van der Waals surface area contributed by atoms with Gasteiger partial charge in [-0.3, -0.25) is 24.6 Å². The van der Waals surface area contributed by atoms with E-state index in [0.29, 0.717) is 24.6 Å². The third-order valence-corrected chi connectivity index (χ3v) is 6.99. The van der Waals surface area contributed by atoms with Crippen molar-refractivity contribution in [2.45, 2.75) is 57.4 Å². The zero-order valence-electron chi connectivity index (χ0n) is 18.8. The average molecular weight is 447 g/mol. The van der Waals surface area contributed by atoms with Crippen LogP contribution in [-0.2, 0) is 29.2 Å². The lowest BCUT2D eigenvalue weighted by molar-refractivity contribution is -0.136. The number of nitrogens with one attached hydrogen (secondary N) is 2. The summed E-state index contributed by atoms with van der Waals surface area (Å²) in [6.45, 7) is 4.08. The van der Waals surface area contributed by atoms with Crippen LogP contribution < -0.4 is 10.6 Å². The largest absolute Gasteiger partial charge is 0.322 e. The lowest BCUT2D eigenvalue weighted by Gasteiger charge is -2.35. The van der Waals surface area contributed by atoms with E-state index in [9.17, 15) is 14.4 Å². The molecular formula is C26H30N4O3. The van der Waals surface area contributed by atoms with Gasteiger partial charge in [-0.25, -0.2) is 0 Å².